The number of hydrogen-bond donors (Lipinski definition) is 1. The molecule has 21 heavy (non-hydrogen) atoms. The van der Waals surface area contributed by atoms with Gasteiger partial charge in [-0.25, -0.2) is 9.97 Å². The van der Waals surface area contributed by atoms with E-state index in [-0.39, 0.29) is 11.9 Å². The highest BCUT2D eigenvalue weighted by Crippen LogP contribution is 2.26. The van der Waals surface area contributed by atoms with Crippen LogP contribution in [0.5, 0.6) is 5.75 Å². The minimum Gasteiger partial charge on any atom is -0.481 e. The van der Waals surface area contributed by atoms with Crippen LogP contribution in [0.1, 0.15) is 24.5 Å². The van der Waals surface area contributed by atoms with Crippen molar-refractivity contribution in [2.45, 2.75) is 32.3 Å². The molecule has 0 spiro atoms. The molecule has 1 atom stereocenters. The van der Waals surface area contributed by atoms with E-state index in [9.17, 15) is 4.79 Å². The van der Waals surface area contributed by atoms with Crippen LogP contribution in [0.4, 0.5) is 5.95 Å². The van der Waals surface area contributed by atoms with Crippen LogP contribution in [0.2, 0.25) is 0 Å². The molecule has 1 aliphatic rings. The van der Waals surface area contributed by atoms with Crippen molar-refractivity contribution < 1.29 is 9.53 Å². The molecule has 1 N–H and O–H groups in total. The van der Waals surface area contributed by atoms with Crippen LogP contribution in [-0.4, -0.2) is 22.0 Å². The molecule has 1 unspecified atom stereocenters. The van der Waals surface area contributed by atoms with Gasteiger partial charge in [0.1, 0.15) is 5.75 Å². The lowest BCUT2D eigenvalue weighted by atomic mass is 10.1. The number of ether oxygens (including phenoxy) is 1. The third-order valence-electron chi connectivity index (χ3n) is 3.55. The van der Waals surface area contributed by atoms with Crippen molar-refractivity contribution >= 4 is 11.9 Å². The first kappa shape index (κ1) is 13.5. The number of nitrogens with one attached hydrogen (secondary N) is 1. The molecule has 0 saturated carbocycles. The Balaban J connectivity index is 1.63. The van der Waals surface area contributed by atoms with Crippen LogP contribution in [0, 0.1) is 0 Å². The summed E-state index contributed by atoms with van der Waals surface area (Å²) in [5, 5.41) is 2.63. The largest absolute Gasteiger partial charge is 0.481 e. The summed E-state index contributed by atoms with van der Waals surface area (Å²) in [6, 6.07) is 7.74. The Morgan fingerprint density at radius 1 is 1.24 bits per heavy atom. The zero-order valence-electron chi connectivity index (χ0n) is 11.9. The van der Waals surface area contributed by atoms with Crippen LogP contribution in [0.25, 0.3) is 0 Å². The molecule has 1 aromatic heterocycles. The lowest BCUT2D eigenvalue weighted by Crippen LogP contribution is -2.30. The Bertz CT molecular complexity index is 643. The second kappa shape index (κ2) is 5.91. The van der Waals surface area contributed by atoms with Gasteiger partial charge in [0.05, 0.1) is 0 Å². The maximum absolute atomic E-state index is 12.0. The van der Waals surface area contributed by atoms with Crippen LogP contribution in [0.15, 0.2) is 36.7 Å². The van der Waals surface area contributed by atoms with Crippen LogP contribution >= 0.6 is 0 Å². The zero-order valence-corrected chi connectivity index (χ0v) is 11.9. The minimum absolute atomic E-state index is 0.262. The van der Waals surface area contributed by atoms with E-state index in [4.69, 9.17) is 4.74 Å². The van der Waals surface area contributed by atoms with Gasteiger partial charge >= 0.3 is 0 Å². The van der Waals surface area contributed by atoms with Crippen molar-refractivity contribution in [1.82, 2.24) is 9.97 Å². The number of aromatic nitrogens is 2. The van der Waals surface area contributed by atoms with Gasteiger partial charge in [0.15, 0.2) is 6.10 Å². The van der Waals surface area contributed by atoms with Crippen LogP contribution in [0.3, 0.4) is 0 Å². The predicted molar refractivity (Wildman–Crippen MR) is 79.2 cm³/mol. The number of anilines is 1. The Hall–Kier alpha value is -2.43. The lowest BCUT2D eigenvalue weighted by molar-refractivity contribution is -0.122. The molecule has 0 saturated heterocycles. The van der Waals surface area contributed by atoms with E-state index in [0.29, 0.717) is 0 Å². The van der Waals surface area contributed by atoms with Crippen molar-refractivity contribution in [2.75, 3.05) is 5.32 Å². The molecule has 0 fully saturated rings. The van der Waals surface area contributed by atoms with Gasteiger partial charge in [0.25, 0.3) is 5.91 Å². The molecule has 1 amide bonds. The van der Waals surface area contributed by atoms with Crippen molar-refractivity contribution in [3.8, 4) is 5.75 Å². The normalized spacial score (nSPS) is 14.3. The van der Waals surface area contributed by atoms with E-state index < -0.39 is 6.10 Å². The first-order chi connectivity index (χ1) is 10.2. The summed E-state index contributed by atoms with van der Waals surface area (Å²) in [4.78, 5) is 19.9. The van der Waals surface area contributed by atoms with E-state index in [1.54, 1.807) is 25.4 Å². The Morgan fingerprint density at radius 3 is 2.81 bits per heavy atom. The Morgan fingerprint density at radius 2 is 2.00 bits per heavy atom. The second-order valence-corrected chi connectivity index (χ2v) is 5.11. The minimum atomic E-state index is -0.603. The smallest absolute Gasteiger partial charge is 0.267 e. The Labute approximate surface area is 123 Å². The van der Waals surface area contributed by atoms with Gasteiger partial charge in [-0.2, -0.15) is 0 Å². The van der Waals surface area contributed by atoms with Gasteiger partial charge in [-0.05, 0) is 55.5 Å². The van der Waals surface area contributed by atoms with Crippen LogP contribution < -0.4 is 10.1 Å². The summed E-state index contributed by atoms with van der Waals surface area (Å²) >= 11 is 0. The Kier molecular flexibility index (Phi) is 3.81. The number of benzene rings is 1. The van der Waals surface area contributed by atoms with Crippen molar-refractivity contribution in [3.63, 3.8) is 0 Å². The molecule has 0 radical (unpaired) electrons. The van der Waals surface area contributed by atoms with Crippen molar-refractivity contribution in [3.05, 3.63) is 47.8 Å². The molecule has 2 aromatic rings. The predicted octanol–water partition coefficient (Wildman–Crippen LogP) is 2.37. The topological polar surface area (TPSA) is 64.1 Å². The highest BCUT2D eigenvalue weighted by atomic mass is 16.5. The summed E-state index contributed by atoms with van der Waals surface area (Å²) in [6.07, 6.45) is 5.97. The standard InChI is InChI=1S/C16H17N3O2/c1-11(15(20)19-16-17-8-3-9-18-16)21-14-7-6-12-4-2-5-13(12)10-14/h3,6-11H,2,4-5H2,1H3,(H,17,18,19,20). The lowest BCUT2D eigenvalue weighted by Gasteiger charge is -2.14. The molecule has 1 heterocycles. The number of hydrogen-bond acceptors (Lipinski definition) is 4. The summed E-state index contributed by atoms with van der Waals surface area (Å²) in [5.74, 6) is 0.751. The quantitative estimate of drug-likeness (QED) is 0.935. The molecule has 108 valence electrons. The molecular formula is C16H17N3O2. The third kappa shape index (κ3) is 3.18. The number of nitrogens with zero attached hydrogens (tertiary/aromatic N) is 2. The number of carbonyl (C=O) groups is 1. The molecule has 0 aliphatic heterocycles. The van der Waals surface area contributed by atoms with E-state index in [1.165, 1.54) is 17.5 Å². The fraction of sp³-hybridized carbons (Fsp3) is 0.312. The SMILES string of the molecule is CC(Oc1ccc2c(c1)CCC2)C(=O)Nc1ncccn1. The molecule has 1 aliphatic carbocycles. The highest BCUT2D eigenvalue weighted by Gasteiger charge is 2.17. The van der Waals surface area contributed by atoms with Gasteiger partial charge in [-0.3, -0.25) is 10.1 Å². The van der Waals surface area contributed by atoms with Gasteiger partial charge in [0, 0.05) is 12.4 Å². The van der Waals surface area contributed by atoms with Gasteiger partial charge in [-0.1, -0.05) is 6.07 Å². The summed E-state index contributed by atoms with van der Waals surface area (Å²) in [6.45, 7) is 1.71. The first-order valence-electron chi connectivity index (χ1n) is 7.09. The number of rotatable bonds is 4. The summed E-state index contributed by atoms with van der Waals surface area (Å²) < 4.78 is 5.71. The fourth-order valence-electron chi connectivity index (χ4n) is 2.45. The second-order valence-electron chi connectivity index (χ2n) is 5.11. The van der Waals surface area contributed by atoms with E-state index in [1.807, 2.05) is 12.1 Å². The van der Waals surface area contributed by atoms with Crippen molar-refractivity contribution in [2.24, 2.45) is 0 Å². The van der Waals surface area contributed by atoms with E-state index in [0.717, 1.165) is 18.6 Å². The van der Waals surface area contributed by atoms with Crippen molar-refractivity contribution in [1.29, 1.82) is 0 Å². The molecule has 3 rings (SSSR count). The third-order valence-corrected chi connectivity index (χ3v) is 3.55. The average Bonchev–Trinajstić information content (AvgIpc) is 2.95. The first-order valence-corrected chi connectivity index (χ1v) is 7.09. The fourth-order valence-corrected chi connectivity index (χ4v) is 2.45. The zero-order chi connectivity index (χ0) is 14.7. The summed E-state index contributed by atoms with van der Waals surface area (Å²) in [5.41, 5.74) is 2.71. The average molecular weight is 283 g/mol. The molecule has 5 nitrogen and oxygen atoms in total. The summed E-state index contributed by atoms with van der Waals surface area (Å²) in [7, 11) is 0. The van der Waals surface area contributed by atoms with Gasteiger partial charge in [-0.15, -0.1) is 0 Å². The van der Waals surface area contributed by atoms with Crippen LogP contribution in [-0.2, 0) is 17.6 Å². The van der Waals surface area contributed by atoms with E-state index in [2.05, 4.69) is 21.4 Å². The maximum atomic E-state index is 12.0. The molecule has 5 heteroatoms. The highest BCUT2D eigenvalue weighted by molar-refractivity contribution is 5.92. The van der Waals surface area contributed by atoms with E-state index >= 15 is 0 Å². The maximum Gasteiger partial charge on any atom is 0.267 e. The number of carbonyl (C=O) groups excluding carboxylic acids is 1. The van der Waals surface area contributed by atoms with Gasteiger partial charge < -0.3 is 4.74 Å². The number of aryl methyl sites for hydroxylation is 2. The number of amides is 1. The van der Waals surface area contributed by atoms with Gasteiger partial charge in [0.2, 0.25) is 5.95 Å². The molecule has 1 aromatic carbocycles. The monoisotopic (exact) mass is 283 g/mol. The molecule has 0 bridgehead atoms. The number of fused-ring (bicyclic) bond motifs is 1. The molecular weight excluding hydrogens is 266 g/mol.